The van der Waals surface area contributed by atoms with Gasteiger partial charge in [0.05, 0.1) is 24.6 Å². The van der Waals surface area contributed by atoms with E-state index in [4.69, 9.17) is 4.74 Å². The number of nitrogens with zero attached hydrogens (tertiary/aromatic N) is 3. The van der Waals surface area contributed by atoms with E-state index < -0.39 is 0 Å². The van der Waals surface area contributed by atoms with E-state index in [1.165, 1.54) is 16.8 Å². The number of fused-ring (bicyclic) bond motifs is 4. The van der Waals surface area contributed by atoms with Crippen LogP contribution in [0.25, 0.3) is 11.3 Å². The molecule has 0 saturated carbocycles. The maximum Gasteiger partial charge on any atom is 0.269 e. The molecule has 0 fully saturated rings. The lowest BCUT2D eigenvalue weighted by Crippen LogP contribution is -2.27. The fourth-order valence-electron chi connectivity index (χ4n) is 4.32. The Morgan fingerprint density at radius 3 is 3.07 bits per heavy atom. The third kappa shape index (κ3) is 2.82. The monoisotopic (exact) mass is 377 g/mol. The van der Waals surface area contributed by atoms with Crippen LogP contribution in [0.1, 0.15) is 38.6 Å². The second-order valence-electron chi connectivity index (χ2n) is 7.39. The predicted molar refractivity (Wildman–Crippen MR) is 104 cm³/mol. The maximum atomic E-state index is 12.7. The van der Waals surface area contributed by atoms with E-state index in [-0.39, 0.29) is 5.91 Å². The first kappa shape index (κ1) is 17.2. The molecule has 2 aromatic heterocycles. The molecule has 0 atom stereocenters. The first-order valence-electron chi connectivity index (χ1n) is 9.77. The van der Waals surface area contributed by atoms with Gasteiger partial charge in [-0.25, -0.2) is 0 Å². The average molecular weight is 377 g/mol. The fourth-order valence-corrected chi connectivity index (χ4v) is 4.32. The molecular weight excluding hydrogens is 354 g/mol. The zero-order valence-electron chi connectivity index (χ0n) is 15.9. The number of H-pyrrole nitrogens is 1. The van der Waals surface area contributed by atoms with Crippen LogP contribution in [-0.4, -0.2) is 39.0 Å². The summed E-state index contributed by atoms with van der Waals surface area (Å²) in [6, 6.07) is 8.26. The molecule has 2 N–H and O–H groups in total. The van der Waals surface area contributed by atoms with Gasteiger partial charge in [-0.15, -0.1) is 0 Å². The molecule has 1 aromatic carbocycles. The molecule has 1 aliphatic carbocycles. The van der Waals surface area contributed by atoms with Gasteiger partial charge in [-0.3, -0.25) is 14.6 Å². The number of ether oxygens (including phenoxy) is 1. The Hall–Kier alpha value is -2.93. The Labute approximate surface area is 163 Å². The largest absolute Gasteiger partial charge is 0.376 e. The summed E-state index contributed by atoms with van der Waals surface area (Å²) >= 11 is 0. The van der Waals surface area contributed by atoms with Crippen LogP contribution in [0.3, 0.4) is 0 Å². The lowest BCUT2D eigenvalue weighted by molar-refractivity contribution is 0.0948. The molecular formula is C21H23N5O2. The highest BCUT2D eigenvalue weighted by atomic mass is 16.5. The summed E-state index contributed by atoms with van der Waals surface area (Å²) < 4.78 is 7.52. The summed E-state index contributed by atoms with van der Waals surface area (Å²) in [5.41, 5.74) is 8.35. The van der Waals surface area contributed by atoms with Crippen molar-refractivity contribution in [3.8, 4) is 11.3 Å². The lowest BCUT2D eigenvalue weighted by Gasteiger charge is -2.15. The van der Waals surface area contributed by atoms with E-state index in [9.17, 15) is 4.79 Å². The van der Waals surface area contributed by atoms with Crippen molar-refractivity contribution in [2.24, 2.45) is 7.05 Å². The van der Waals surface area contributed by atoms with Gasteiger partial charge in [0.25, 0.3) is 5.91 Å². The molecule has 0 bridgehead atoms. The highest BCUT2D eigenvalue weighted by Gasteiger charge is 2.25. The fraction of sp³-hybridized carbons (Fsp3) is 0.381. The number of rotatable bonds is 4. The number of carbonyl (C=O) groups excluding carboxylic acids is 1. The summed E-state index contributed by atoms with van der Waals surface area (Å²) in [6.45, 7) is 1.89. The molecule has 0 unspecified atom stereocenters. The predicted octanol–water partition coefficient (Wildman–Crippen LogP) is 1.95. The summed E-state index contributed by atoms with van der Waals surface area (Å²) in [4.78, 5) is 12.7. The van der Waals surface area contributed by atoms with Crippen LogP contribution in [0.2, 0.25) is 0 Å². The number of benzene rings is 1. The highest BCUT2D eigenvalue weighted by molar-refractivity contribution is 5.96. The number of aryl methyl sites for hydroxylation is 2. The number of carbonyl (C=O) groups is 1. The van der Waals surface area contributed by atoms with Crippen molar-refractivity contribution in [3.63, 3.8) is 0 Å². The molecule has 144 valence electrons. The topological polar surface area (TPSA) is 84.8 Å². The van der Waals surface area contributed by atoms with E-state index in [0.29, 0.717) is 25.3 Å². The van der Waals surface area contributed by atoms with Crippen molar-refractivity contribution in [2.75, 3.05) is 13.2 Å². The first-order chi connectivity index (χ1) is 13.7. The van der Waals surface area contributed by atoms with Gasteiger partial charge < -0.3 is 10.1 Å². The number of hydrogen-bond donors (Lipinski definition) is 2. The summed E-state index contributed by atoms with van der Waals surface area (Å²) in [6.07, 6.45) is 3.35. The highest BCUT2D eigenvalue weighted by Crippen LogP contribution is 2.33. The lowest BCUT2D eigenvalue weighted by atomic mass is 9.89. The van der Waals surface area contributed by atoms with Gasteiger partial charge >= 0.3 is 0 Å². The zero-order valence-corrected chi connectivity index (χ0v) is 15.9. The molecule has 0 saturated heterocycles. The van der Waals surface area contributed by atoms with Gasteiger partial charge in [-0.1, -0.05) is 24.3 Å². The van der Waals surface area contributed by atoms with E-state index in [1.807, 2.05) is 23.9 Å². The van der Waals surface area contributed by atoms with E-state index in [1.54, 1.807) is 0 Å². The van der Waals surface area contributed by atoms with Crippen LogP contribution in [-0.2, 0) is 44.1 Å². The average Bonchev–Trinajstić information content (AvgIpc) is 3.30. The molecule has 3 heterocycles. The smallest absolute Gasteiger partial charge is 0.269 e. The van der Waals surface area contributed by atoms with Gasteiger partial charge in [0.15, 0.2) is 0 Å². The van der Waals surface area contributed by atoms with Crippen LogP contribution >= 0.6 is 0 Å². The molecule has 7 nitrogen and oxygen atoms in total. The third-order valence-corrected chi connectivity index (χ3v) is 5.75. The minimum Gasteiger partial charge on any atom is -0.376 e. The molecule has 1 amide bonds. The Kier molecular flexibility index (Phi) is 4.24. The summed E-state index contributed by atoms with van der Waals surface area (Å²) in [7, 11) is 1.97. The van der Waals surface area contributed by atoms with Crippen LogP contribution < -0.4 is 5.32 Å². The van der Waals surface area contributed by atoms with Crippen LogP contribution in [0.4, 0.5) is 0 Å². The zero-order chi connectivity index (χ0) is 19.1. The number of nitrogens with one attached hydrogen (secondary N) is 2. The maximum absolute atomic E-state index is 12.7. The quantitative estimate of drug-likeness (QED) is 0.728. The SMILES string of the molecule is Cn1nc(CCNC(=O)c2[nH]nc3c2CCc2ccccc2-3)c2c1CCOC2. The number of aromatic amines is 1. The van der Waals surface area contributed by atoms with Gasteiger partial charge in [0, 0.05) is 48.8 Å². The second-order valence-corrected chi connectivity index (χ2v) is 7.39. The minimum atomic E-state index is -0.103. The minimum absolute atomic E-state index is 0.103. The van der Waals surface area contributed by atoms with Gasteiger partial charge in [0.2, 0.25) is 0 Å². The van der Waals surface area contributed by atoms with E-state index in [0.717, 1.165) is 48.4 Å². The Bertz CT molecular complexity index is 1050. The van der Waals surface area contributed by atoms with Gasteiger partial charge in [-0.05, 0) is 18.4 Å². The molecule has 0 radical (unpaired) electrons. The normalized spacial score (nSPS) is 14.9. The summed E-state index contributed by atoms with van der Waals surface area (Å²) in [5, 5.41) is 15.0. The second kappa shape index (κ2) is 6.91. The van der Waals surface area contributed by atoms with Gasteiger partial charge in [-0.2, -0.15) is 10.2 Å². The van der Waals surface area contributed by atoms with Gasteiger partial charge in [0.1, 0.15) is 5.69 Å². The van der Waals surface area contributed by atoms with Crippen LogP contribution in [0.5, 0.6) is 0 Å². The van der Waals surface area contributed by atoms with E-state index in [2.05, 4.69) is 32.7 Å². The molecule has 5 rings (SSSR count). The van der Waals surface area contributed by atoms with Crippen molar-refractivity contribution in [2.45, 2.75) is 32.3 Å². The third-order valence-electron chi connectivity index (χ3n) is 5.75. The molecule has 7 heteroatoms. The Balaban J connectivity index is 1.29. The van der Waals surface area contributed by atoms with Crippen molar-refractivity contribution in [3.05, 3.63) is 58.0 Å². The van der Waals surface area contributed by atoms with Crippen molar-refractivity contribution >= 4 is 5.91 Å². The molecule has 28 heavy (non-hydrogen) atoms. The standard InChI is InChI=1S/C21H23N5O2/c1-26-18-9-11-28-12-16(18)17(25-26)8-10-22-21(27)20-15-7-6-13-4-2-3-5-14(13)19(15)23-24-20/h2-5H,6-12H2,1H3,(H,22,27)(H,23,24). The van der Waals surface area contributed by atoms with Crippen LogP contribution in [0, 0.1) is 0 Å². The molecule has 0 spiro atoms. The van der Waals surface area contributed by atoms with Crippen LogP contribution in [0.15, 0.2) is 24.3 Å². The number of hydrogen-bond acceptors (Lipinski definition) is 4. The van der Waals surface area contributed by atoms with E-state index >= 15 is 0 Å². The summed E-state index contributed by atoms with van der Waals surface area (Å²) in [5.74, 6) is -0.103. The number of amides is 1. The Morgan fingerprint density at radius 2 is 2.14 bits per heavy atom. The van der Waals surface area contributed by atoms with Crippen molar-refractivity contribution in [1.29, 1.82) is 0 Å². The van der Waals surface area contributed by atoms with Crippen molar-refractivity contribution in [1.82, 2.24) is 25.3 Å². The first-order valence-corrected chi connectivity index (χ1v) is 9.77. The molecule has 2 aliphatic rings. The number of aromatic nitrogens is 4. The molecule has 1 aliphatic heterocycles. The Morgan fingerprint density at radius 1 is 1.25 bits per heavy atom. The van der Waals surface area contributed by atoms with Crippen molar-refractivity contribution < 1.29 is 9.53 Å². The molecule has 3 aromatic rings.